The fourth-order valence-electron chi connectivity index (χ4n) is 2.60. The Morgan fingerprint density at radius 3 is 2.64 bits per heavy atom. The molecule has 0 fully saturated rings. The Morgan fingerprint density at radius 2 is 1.89 bits per heavy atom. The Hall–Kier alpha value is -3.25. The van der Waals surface area contributed by atoms with Gasteiger partial charge in [-0.1, -0.05) is 35.9 Å². The Balaban J connectivity index is 1.67. The van der Waals surface area contributed by atoms with E-state index in [4.69, 9.17) is 11.6 Å². The third-order valence-electron chi connectivity index (χ3n) is 3.99. The van der Waals surface area contributed by atoms with Crippen molar-refractivity contribution in [2.24, 2.45) is 0 Å². The van der Waals surface area contributed by atoms with Gasteiger partial charge in [-0.25, -0.2) is 4.39 Å². The summed E-state index contributed by atoms with van der Waals surface area (Å²) >= 11 is 5.72. The number of hydrogen-bond donors (Lipinski definition) is 2. The minimum Gasteiger partial charge on any atom is -0.348 e. The normalized spacial score (nSPS) is 10.4. The van der Waals surface area contributed by atoms with E-state index >= 15 is 0 Å². The van der Waals surface area contributed by atoms with E-state index < -0.39 is 11.7 Å². The van der Waals surface area contributed by atoms with Gasteiger partial charge in [0.05, 0.1) is 17.7 Å². The lowest BCUT2D eigenvalue weighted by atomic mass is 10.1. The molecule has 0 atom stereocenters. The summed E-state index contributed by atoms with van der Waals surface area (Å²) in [6.45, 7) is 0.310. The fraction of sp³-hybridized carbons (Fsp3) is 0.0952. The second-order valence-corrected chi connectivity index (χ2v) is 6.49. The molecule has 0 spiro atoms. The van der Waals surface area contributed by atoms with Crippen molar-refractivity contribution in [3.63, 3.8) is 0 Å². The second kappa shape index (κ2) is 9.10. The number of pyridine rings is 1. The van der Waals surface area contributed by atoms with E-state index in [1.54, 1.807) is 42.7 Å². The third kappa shape index (κ3) is 5.14. The average molecular weight is 398 g/mol. The van der Waals surface area contributed by atoms with Gasteiger partial charge in [-0.3, -0.25) is 14.6 Å². The van der Waals surface area contributed by atoms with Gasteiger partial charge in [0.15, 0.2) is 0 Å². The van der Waals surface area contributed by atoms with Crippen LogP contribution in [0.2, 0.25) is 5.02 Å². The van der Waals surface area contributed by atoms with Crippen LogP contribution in [0.5, 0.6) is 0 Å². The zero-order chi connectivity index (χ0) is 19.9. The van der Waals surface area contributed by atoms with Gasteiger partial charge >= 0.3 is 0 Å². The molecule has 0 saturated heterocycles. The van der Waals surface area contributed by atoms with Crippen LogP contribution in [-0.2, 0) is 17.8 Å². The van der Waals surface area contributed by atoms with Crippen molar-refractivity contribution in [1.82, 2.24) is 10.3 Å². The van der Waals surface area contributed by atoms with E-state index in [0.29, 0.717) is 17.8 Å². The highest BCUT2D eigenvalue weighted by molar-refractivity contribution is 6.30. The standard InChI is InChI=1S/C21H17ClFN3O2/c22-16-8-7-15(18(23)11-16)10-20(27)26-19-6-2-1-5-17(19)21(28)25-13-14-4-3-9-24-12-14/h1-9,11-12H,10,13H2,(H,25,28)(H,26,27). The van der Waals surface area contributed by atoms with Crippen LogP contribution in [0.3, 0.4) is 0 Å². The molecule has 1 aromatic heterocycles. The summed E-state index contributed by atoms with van der Waals surface area (Å²) in [6.07, 6.45) is 3.14. The number of rotatable bonds is 6. The van der Waals surface area contributed by atoms with Gasteiger partial charge in [0.25, 0.3) is 5.91 Å². The molecule has 3 aromatic rings. The smallest absolute Gasteiger partial charge is 0.253 e. The first-order chi connectivity index (χ1) is 13.5. The maximum absolute atomic E-state index is 13.9. The molecular formula is C21H17ClFN3O2. The molecule has 0 saturated carbocycles. The van der Waals surface area contributed by atoms with Gasteiger partial charge in [0.2, 0.25) is 5.91 Å². The largest absolute Gasteiger partial charge is 0.348 e. The number of para-hydroxylation sites is 1. The minimum atomic E-state index is -0.551. The van der Waals surface area contributed by atoms with Crippen molar-refractivity contribution in [3.05, 3.63) is 94.5 Å². The molecule has 7 heteroatoms. The number of hydrogen-bond acceptors (Lipinski definition) is 3. The molecule has 0 radical (unpaired) electrons. The van der Waals surface area contributed by atoms with Crippen molar-refractivity contribution < 1.29 is 14.0 Å². The summed E-state index contributed by atoms with van der Waals surface area (Å²) in [4.78, 5) is 28.8. The molecule has 3 rings (SSSR count). The summed E-state index contributed by atoms with van der Waals surface area (Å²) in [5.74, 6) is -1.32. The van der Waals surface area contributed by atoms with Crippen LogP contribution in [-0.4, -0.2) is 16.8 Å². The van der Waals surface area contributed by atoms with Crippen LogP contribution in [0.4, 0.5) is 10.1 Å². The first-order valence-corrected chi connectivity index (χ1v) is 8.90. The molecule has 0 aliphatic heterocycles. The van der Waals surface area contributed by atoms with Crippen molar-refractivity contribution in [3.8, 4) is 0 Å². The number of anilines is 1. The summed E-state index contributed by atoms with van der Waals surface area (Å²) in [5.41, 5.74) is 1.75. The lowest BCUT2D eigenvalue weighted by molar-refractivity contribution is -0.115. The molecule has 0 aliphatic carbocycles. The summed E-state index contributed by atoms with van der Waals surface area (Å²) in [6, 6.07) is 14.4. The van der Waals surface area contributed by atoms with Gasteiger partial charge in [-0.05, 0) is 41.5 Å². The first kappa shape index (κ1) is 19.5. The third-order valence-corrected chi connectivity index (χ3v) is 4.22. The van der Waals surface area contributed by atoms with E-state index in [0.717, 1.165) is 11.6 Å². The summed E-state index contributed by atoms with van der Waals surface area (Å²) in [7, 11) is 0. The summed E-state index contributed by atoms with van der Waals surface area (Å²) < 4.78 is 13.9. The zero-order valence-electron chi connectivity index (χ0n) is 14.8. The van der Waals surface area contributed by atoms with Crippen LogP contribution in [0.25, 0.3) is 0 Å². The second-order valence-electron chi connectivity index (χ2n) is 6.05. The number of nitrogens with zero attached hydrogens (tertiary/aromatic N) is 1. The molecule has 0 aliphatic rings. The van der Waals surface area contributed by atoms with Gasteiger partial charge in [0, 0.05) is 24.0 Å². The van der Waals surface area contributed by atoms with Crippen LogP contribution >= 0.6 is 11.6 Å². The van der Waals surface area contributed by atoms with Crippen molar-refractivity contribution in [2.75, 3.05) is 5.32 Å². The highest BCUT2D eigenvalue weighted by atomic mass is 35.5. The highest BCUT2D eigenvalue weighted by Gasteiger charge is 2.14. The van der Waals surface area contributed by atoms with E-state index in [9.17, 15) is 14.0 Å². The molecule has 2 amide bonds. The Kier molecular flexibility index (Phi) is 6.34. The number of nitrogens with one attached hydrogen (secondary N) is 2. The maximum atomic E-state index is 13.9. The Bertz CT molecular complexity index is 996. The van der Waals surface area contributed by atoms with Crippen LogP contribution < -0.4 is 10.6 Å². The molecule has 142 valence electrons. The molecule has 5 nitrogen and oxygen atoms in total. The molecule has 28 heavy (non-hydrogen) atoms. The number of carbonyl (C=O) groups is 2. The van der Waals surface area contributed by atoms with E-state index in [1.165, 1.54) is 12.1 Å². The zero-order valence-corrected chi connectivity index (χ0v) is 15.5. The Labute approximate surface area is 166 Å². The first-order valence-electron chi connectivity index (χ1n) is 8.53. The molecule has 0 unspecified atom stereocenters. The fourth-order valence-corrected chi connectivity index (χ4v) is 2.76. The predicted octanol–water partition coefficient (Wildman–Crippen LogP) is 3.99. The number of amides is 2. The van der Waals surface area contributed by atoms with E-state index in [1.807, 2.05) is 6.07 Å². The lowest BCUT2D eigenvalue weighted by Crippen LogP contribution is -2.25. The predicted molar refractivity (Wildman–Crippen MR) is 106 cm³/mol. The SMILES string of the molecule is O=C(Cc1ccc(Cl)cc1F)Nc1ccccc1C(=O)NCc1cccnc1. The van der Waals surface area contributed by atoms with Crippen LogP contribution in [0.1, 0.15) is 21.5 Å². The topological polar surface area (TPSA) is 71.1 Å². The maximum Gasteiger partial charge on any atom is 0.253 e. The monoisotopic (exact) mass is 397 g/mol. The lowest BCUT2D eigenvalue weighted by Gasteiger charge is -2.12. The molecule has 2 aromatic carbocycles. The van der Waals surface area contributed by atoms with Gasteiger partial charge in [-0.2, -0.15) is 0 Å². The van der Waals surface area contributed by atoms with E-state index in [-0.39, 0.29) is 22.9 Å². The van der Waals surface area contributed by atoms with Gasteiger partial charge < -0.3 is 10.6 Å². The number of benzene rings is 2. The number of carbonyl (C=O) groups excluding carboxylic acids is 2. The molecule has 2 N–H and O–H groups in total. The quantitative estimate of drug-likeness (QED) is 0.660. The van der Waals surface area contributed by atoms with Crippen molar-refractivity contribution >= 4 is 29.1 Å². The van der Waals surface area contributed by atoms with E-state index in [2.05, 4.69) is 15.6 Å². The molecule has 1 heterocycles. The molecule has 0 bridgehead atoms. The average Bonchev–Trinajstić information content (AvgIpc) is 2.69. The van der Waals surface area contributed by atoms with Crippen LogP contribution in [0.15, 0.2) is 67.0 Å². The number of halogens is 2. The number of aromatic nitrogens is 1. The minimum absolute atomic E-state index is 0.172. The Morgan fingerprint density at radius 1 is 1.07 bits per heavy atom. The molecular weight excluding hydrogens is 381 g/mol. The van der Waals surface area contributed by atoms with Crippen molar-refractivity contribution in [1.29, 1.82) is 0 Å². The van der Waals surface area contributed by atoms with Crippen molar-refractivity contribution in [2.45, 2.75) is 13.0 Å². The summed E-state index contributed by atoms with van der Waals surface area (Å²) in [5, 5.41) is 5.72. The van der Waals surface area contributed by atoms with Crippen LogP contribution in [0, 0.1) is 5.82 Å². The highest BCUT2D eigenvalue weighted by Crippen LogP contribution is 2.18. The van der Waals surface area contributed by atoms with Gasteiger partial charge in [-0.15, -0.1) is 0 Å². The van der Waals surface area contributed by atoms with Gasteiger partial charge in [0.1, 0.15) is 5.82 Å².